The van der Waals surface area contributed by atoms with Gasteiger partial charge in [0.25, 0.3) is 11.8 Å². The van der Waals surface area contributed by atoms with E-state index in [1.54, 1.807) is 13.8 Å². The van der Waals surface area contributed by atoms with E-state index in [0.29, 0.717) is 13.0 Å². The Morgan fingerprint density at radius 1 is 1.50 bits per heavy atom. The topological polar surface area (TPSA) is 121 Å². The molecule has 3 heterocycles. The molecule has 0 aromatic carbocycles. The second kappa shape index (κ2) is 6.19. The van der Waals surface area contributed by atoms with Gasteiger partial charge in [0.05, 0.1) is 13.1 Å². The van der Waals surface area contributed by atoms with Gasteiger partial charge >= 0.3 is 6.03 Å². The Labute approximate surface area is 138 Å². The summed E-state index contributed by atoms with van der Waals surface area (Å²) in [7, 11) is 0. The Kier molecular flexibility index (Phi) is 4.22. The number of hydrogen-bond donors (Lipinski definition) is 3. The SMILES string of the molecule is CC[C@]1(C)NC(=O)N(NC(=O)CN[C@H]2CCc3ncnn3C2)C1=O. The van der Waals surface area contributed by atoms with Crippen molar-refractivity contribution in [2.24, 2.45) is 0 Å². The molecular weight excluding hydrogens is 314 g/mol. The molecule has 0 spiro atoms. The quantitative estimate of drug-likeness (QED) is 0.590. The molecule has 0 unspecified atom stereocenters. The predicted octanol–water partition coefficient (Wildman–Crippen LogP) is -1.07. The first-order chi connectivity index (χ1) is 11.4. The zero-order valence-corrected chi connectivity index (χ0v) is 13.7. The number of urea groups is 1. The number of rotatable bonds is 5. The fraction of sp³-hybridized carbons (Fsp3) is 0.643. The van der Waals surface area contributed by atoms with Crippen LogP contribution in [0.3, 0.4) is 0 Å². The lowest BCUT2D eigenvalue weighted by Gasteiger charge is -2.24. The molecule has 1 aromatic heterocycles. The number of imide groups is 1. The van der Waals surface area contributed by atoms with E-state index < -0.39 is 23.4 Å². The van der Waals surface area contributed by atoms with Crippen molar-refractivity contribution >= 4 is 17.8 Å². The molecule has 3 N–H and O–H groups in total. The van der Waals surface area contributed by atoms with Crippen molar-refractivity contribution < 1.29 is 14.4 Å². The summed E-state index contributed by atoms with van der Waals surface area (Å²) >= 11 is 0. The minimum absolute atomic E-state index is 0.00853. The Balaban J connectivity index is 1.50. The van der Waals surface area contributed by atoms with Crippen LogP contribution in [0, 0.1) is 0 Å². The predicted molar refractivity (Wildman–Crippen MR) is 82.4 cm³/mol. The van der Waals surface area contributed by atoms with Gasteiger partial charge in [0.1, 0.15) is 17.7 Å². The van der Waals surface area contributed by atoms with Gasteiger partial charge in [0, 0.05) is 12.5 Å². The maximum atomic E-state index is 12.2. The van der Waals surface area contributed by atoms with Gasteiger partial charge in [-0.05, 0) is 19.8 Å². The number of aromatic nitrogens is 3. The van der Waals surface area contributed by atoms with E-state index in [4.69, 9.17) is 0 Å². The standard InChI is InChI=1S/C14H21N7O3/c1-3-14(2)12(23)21(13(24)18-14)19-11(22)6-15-9-4-5-10-16-8-17-20(10)7-9/h8-9,15H,3-7H2,1-2H3,(H,18,24)(H,19,22)/t9-,14-/m0/s1. The third-order valence-electron chi connectivity index (χ3n) is 4.56. The molecule has 2 aliphatic rings. The van der Waals surface area contributed by atoms with Crippen LogP contribution >= 0.6 is 0 Å². The fourth-order valence-corrected chi connectivity index (χ4v) is 2.83. The van der Waals surface area contributed by atoms with Crippen LogP contribution in [0.2, 0.25) is 0 Å². The van der Waals surface area contributed by atoms with Crippen molar-refractivity contribution in [1.29, 1.82) is 0 Å². The summed E-state index contributed by atoms with van der Waals surface area (Å²) in [4.78, 5) is 40.3. The van der Waals surface area contributed by atoms with Gasteiger partial charge in [-0.2, -0.15) is 10.1 Å². The van der Waals surface area contributed by atoms with Gasteiger partial charge in [-0.25, -0.2) is 14.5 Å². The third-order valence-corrected chi connectivity index (χ3v) is 4.56. The van der Waals surface area contributed by atoms with E-state index in [1.165, 1.54) is 6.33 Å². The summed E-state index contributed by atoms with van der Waals surface area (Å²) < 4.78 is 1.81. The number of nitrogens with zero attached hydrogens (tertiary/aromatic N) is 4. The maximum Gasteiger partial charge on any atom is 0.344 e. The highest BCUT2D eigenvalue weighted by atomic mass is 16.2. The van der Waals surface area contributed by atoms with Crippen LogP contribution < -0.4 is 16.1 Å². The largest absolute Gasteiger partial charge is 0.344 e. The zero-order chi connectivity index (χ0) is 17.3. The van der Waals surface area contributed by atoms with Crippen molar-refractivity contribution in [1.82, 2.24) is 35.8 Å². The first-order valence-electron chi connectivity index (χ1n) is 7.99. The van der Waals surface area contributed by atoms with E-state index in [0.717, 1.165) is 23.7 Å². The Hall–Kier alpha value is -2.49. The summed E-state index contributed by atoms with van der Waals surface area (Å²) in [6.45, 7) is 4.08. The van der Waals surface area contributed by atoms with Crippen molar-refractivity contribution in [2.75, 3.05) is 6.54 Å². The number of aryl methyl sites for hydroxylation is 1. The summed E-state index contributed by atoms with van der Waals surface area (Å²) in [5, 5.41) is 10.6. The molecule has 1 saturated heterocycles. The third kappa shape index (κ3) is 2.96. The lowest BCUT2D eigenvalue weighted by Crippen LogP contribution is -2.52. The van der Waals surface area contributed by atoms with Crippen LogP contribution in [0.15, 0.2) is 6.33 Å². The number of carbonyl (C=O) groups is 3. The summed E-state index contributed by atoms with van der Waals surface area (Å²) in [5.41, 5.74) is 1.39. The number of fused-ring (bicyclic) bond motifs is 1. The van der Waals surface area contributed by atoms with Gasteiger partial charge in [-0.15, -0.1) is 0 Å². The molecule has 0 aliphatic carbocycles. The van der Waals surface area contributed by atoms with Crippen molar-refractivity contribution in [3.8, 4) is 0 Å². The van der Waals surface area contributed by atoms with Gasteiger partial charge in [-0.3, -0.25) is 15.0 Å². The number of nitrogens with one attached hydrogen (secondary N) is 3. The smallest absolute Gasteiger partial charge is 0.322 e. The Bertz CT molecular complexity index is 673. The van der Waals surface area contributed by atoms with Gasteiger partial charge < -0.3 is 10.6 Å². The van der Waals surface area contributed by atoms with Crippen molar-refractivity contribution in [2.45, 2.75) is 51.2 Å². The molecule has 1 aromatic rings. The molecular formula is C14H21N7O3. The summed E-state index contributed by atoms with van der Waals surface area (Å²) in [6, 6.07) is -0.517. The highest BCUT2D eigenvalue weighted by Crippen LogP contribution is 2.19. The first-order valence-corrected chi connectivity index (χ1v) is 7.99. The van der Waals surface area contributed by atoms with Crippen molar-refractivity contribution in [3.63, 3.8) is 0 Å². The summed E-state index contributed by atoms with van der Waals surface area (Å²) in [6.07, 6.45) is 3.61. The van der Waals surface area contributed by atoms with Crippen LogP contribution in [-0.4, -0.2) is 55.7 Å². The van der Waals surface area contributed by atoms with Crippen molar-refractivity contribution in [3.05, 3.63) is 12.2 Å². The van der Waals surface area contributed by atoms with E-state index in [2.05, 4.69) is 26.1 Å². The molecule has 10 nitrogen and oxygen atoms in total. The van der Waals surface area contributed by atoms with Crippen LogP contribution in [0.4, 0.5) is 4.79 Å². The first kappa shape index (κ1) is 16.4. The average molecular weight is 335 g/mol. The second-order valence-corrected chi connectivity index (χ2v) is 6.27. The summed E-state index contributed by atoms with van der Waals surface area (Å²) in [5.74, 6) is 0.0483. The number of amides is 4. The monoisotopic (exact) mass is 335 g/mol. The highest BCUT2D eigenvalue weighted by Gasteiger charge is 2.47. The Morgan fingerprint density at radius 2 is 2.29 bits per heavy atom. The van der Waals surface area contributed by atoms with Crippen LogP contribution in [0.1, 0.15) is 32.5 Å². The molecule has 1 fully saturated rings. The van der Waals surface area contributed by atoms with Crippen LogP contribution in [-0.2, 0) is 22.6 Å². The normalized spacial score (nSPS) is 26.2. The molecule has 3 rings (SSSR count). The molecule has 24 heavy (non-hydrogen) atoms. The second-order valence-electron chi connectivity index (χ2n) is 6.27. The van der Waals surface area contributed by atoms with E-state index in [1.807, 2.05) is 4.68 Å². The molecule has 0 bridgehead atoms. The van der Waals surface area contributed by atoms with Crippen LogP contribution in [0.25, 0.3) is 0 Å². The molecule has 0 saturated carbocycles. The fourth-order valence-electron chi connectivity index (χ4n) is 2.83. The minimum Gasteiger partial charge on any atom is -0.322 e. The molecule has 10 heteroatoms. The lowest BCUT2D eigenvalue weighted by atomic mass is 10.00. The lowest BCUT2D eigenvalue weighted by molar-refractivity contribution is -0.138. The molecule has 130 valence electrons. The number of hydrogen-bond acceptors (Lipinski definition) is 6. The molecule has 2 atom stereocenters. The minimum atomic E-state index is -0.968. The number of hydrazine groups is 1. The van der Waals surface area contributed by atoms with Gasteiger partial charge in [-0.1, -0.05) is 6.92 Å². The zero-order valence-electron chi connectivity index (χ0n) is 13.7. The van der Waals surface area contributed by atoms with E-state index >= 15 is 0 Å². The molecule has 0 radical (unpaired) electrons. The van der Waals surface area contributed by atoms with Crippen LogP contribution in [0.5, 0.6) is 0 Å². The maximum absolute atomic E-state index is 12.2. The molecule has 4 amide bonds. The number of carbonyl (C=O) groups excluding carboxylic acids is 3. The molecule has 2 aliphatic heterocycles. The van der Waals surface area contributed by atoms with Gasteiger partial charge in [0.2, 0.25) is 0 Å². The average Bonchev–Trinajstić information content (AvgIpc) is 3.11. The van der Waals surface area contributed by atoms with E-state index in [9.17, 15) is 14.4 Å². The van der Waals surface area contributed by atoms with Gasteiger partial charge in [0.15, 0.2) is 0 Å². The van der Waals surface area contributed by atoms with E-state index in [-0.39, 0.29) is 12.6 Å². The Morgan fingerprint density at radius 3 is 3.00 bits per heavy atom. The highest BCUT2D eigenvalue weighted by molar-refractivity contribution is 6.07.